The van der Waals surface area contributed by atoms with E-state index in [4.69, 9.17) is 5.11 Å². The second-order valence-corrected chi connectivity index (χ2v) is 1.37. The van der Waals surface area contributed by atoms with E-state index in [-0.39, 0.29) is 6.61 Å². The molecule has 0 unspecified atom stereocenters. The van der Waals surface area contributed by atoms with Crippen molar-refractivity contribution in [1.29, 1.82) is 0 Å². The maximum Gasteiger partial charge on any atom is 0.145 e. The van der Waals surface area contributed by atoms with Crippen LogP contribution in [0.1, 0.15) is 0 Å². The van der Waals surface area contributed by atoms with Gasteiger partial charge in [0.25, 0.3) is 0 Å². The standard InChI is InChI=1S/C4H8O.C3H6O2.CH4O/c1-3-4-5-2;1-5-3-2-4;1-2/h3H,1,4H2,2H3;2H,3H2,1H3;2H,1H3. The first-order valence-electron chi connectivity index (χ1n) is 3.30. The molecule has 0 amide bonds. The Morgan fingerprint density at radius 3 is 1.67 bits per heavy atom. The van der Waals surface area contributed by atoms with Crippen LogP contribution in [0.3, 0.4) is 0 Å². The van der Waals surface area contributed by atoms with Crippen molar-refractivity contribution in [3.8, 4) is 0 Å². The Balaban J connectivity index is -0.000000112. The average Bonchev–Trinajstić information content (AvgIpc) is 2.12. The maximum atomic E-state index is 9.28. The van der Waals surface area contributed by atoms with Crippen LogP contribution in [-0.2, 0) is 14.3 Å². The van der Waals surface area contributed by atoms with Crippen molar-refractivity contribution in [3.63, 3.8) is 0 Å². The summed E-state index contributed by atoms with van der Waals surface area (Å²) in [5, 5.41) is 7.00. The van der Waals surface area contributed by atoms with Crippen LogP contribution in [0.15, 0.2) is 12.7 Å². The predicted octanol–water partition coefficient (Wildman–Crippen LogP) is 0.259. The molecule has 0 heterocycles. The normalized spacial score (nSPS) is 6.67. The summed E-state index contributed by atoms with van der Waals surface area (Å²) in [5.41, 5.74) is 0. The van der Waals surface area contributed by atoms with Gasteiger partial charge in [0.05, 0.1) is 6.61 Å². The number of carbonyl (C=O) groups is 1. The number of rotatable bonds is 4. The molecule has 0 bridgehead atoms. The molecule has 0 aliphatic heterocycles. The molecule has 1 N–H and O–H groups in total. The summed E-state index contributed by atoms with van der Waals surface area (Å²) >= 11 is 0. The third kappa shape index (κ3) is 59.0. The Kier molecular flexibility index (Phi) is 46.0. The summed E-state index contributed by atoms with van der Waals surface area (Å²) in [7, 11) is 4.12. The van der Waals surface area contributed by atoms with Crippen LogP contribution in [0.5, 0.6) is 0 Å². The average molecular weight is 178 g/mol. The van der Waals surface area contributed by atoms with Gasteiger partial charge in [0.15, 0.2) is 0 Å². The molecule has 0 aliphatic carbocycles. The quantitative estimate of drug-likeness (QED) is 0.495. The lowest BCUT2D eigenvalue weighted by molar-refractivity contribution is -0.110. The monoisotopic (exact) mass is 178 g/mol. The zero-order valence-electron chi connectivity index (χ0n) is 7.95. The van der Waals surface area contributed by atoms with Gasteiger partial charge in [0.2, 0.25) is 0 Å². The number of ether oxygens (including phenoxy) is 2. The Bertz CT molecular complexity index is 63.5. The van der Waals surface area contributed by atoms with Gasteiger partial charge in [-0.2, -0.15) is 0 Å². The summed E-state index contributed by atoms with van der Waals surface area (Å²) in [4.78, 5) is 9.28. The molecule has 0 saturated heterocycles. The third-order valence-corrected chi connectivity index (χ3v) is 0.519. The molecule has 0 aliphatic rings. The molecule has 4 heteroatoms. The van der Waals surface area contributed by atoms with Crippen LogP contribution < -0.4 is 0 Å². The second kappa shape index (κ2) is 31.7. The van der Waals surface area contributed by atoms with Crippen molar-refractivity contribution < 1.29 is 19.4 Å². The second-order valence-electron chi connectivity index (χ2n) is 1.37. The molecule has 0 aromatic heterocycles. The molecule has 0 aromatic carbocycles. The number of methoxy groups -OCH3 is 2. The first-order valence-corrected chi connectivity index (χ1v) is 3.30. The van der Waals surface area contributed by atoms with E-state index in [1.807, 2.05) is 0 Å². The van der Waals surface area contributed by atoms with Crippen molar-refractivity contribution in [2.75, 3.05) is 34.5 Å². The first-order chi connectivity index (χ1) is 5.83. The van der Waals surface area contributed by atoms with E-state index in [9.17, 15) is 4.79 Å². The van der Waals surface area contributed by atoms with E-state index in [0.29, 0.717) is 12.9 Å². The molecule has 0 saturated carbocycles. The van der Waals surface area contributed by atoms with Crippen LogP contribution in [0.4, 0.5) is 0 Å². The van der Waals surface area contributed by atoms with E-state index in [1.54, 1.807) is 13.2 Å². The lowest BCUT2D eigenvalue weighted by atomic mass is 10.7. The largest absolute Gasteiger partial charge is 0.400 e. The molecule has 0 radical (unpaired) electrons. The molecule has 4 nitrogen and oxygen atoms in total. The summed E-state index contributed by atoms with van der Waals surface area (Å²) in [5.74, 6) is 0. The minimum absolute atomic E-state index is 0.208. The molecule has 74 valence electrons. The lowest BCUT2D eigenvalue weighted by Crippen LogP contribution is -1.84. The van der Waals surface area contributed by atoms with Gasteiger partial charge >= 0.3 is 0 Å². The van der Waals surface area contributed by atoms with Crippen LogP contribution >= 0.6 is 0 Å². The topological polar surface area (TPSA) is 55.8 Å². The lowest BCUT2D eigenvalue weighted by Gasteiger charge is -1.79. The fraction of sp³-hybridized carbons (Fsp3) is 0.625. The van der Waals surface area contributed by atoms with Gasteiger partial charge in [-0.25, -0.2) is 0 Å². The first kappa shape index (κ1) is 17.4. The minimum Gasteiger partial charge on any atom is -0.400 e. The highest BCUT2D eigenvalue weighted by Gasteiger charge is 1.64. The summed E-state index contributed by atoms with van der Waals surface area (Å²) < 4.78 is 8.90. The fourth-order valence-electron chi connectivity index (χ4n) is 0.186. The molecule has 12 heavy (non-hydrogen) atoms. The number of aldehydes is 1. The van der Waals surface area contributed by atoms with Gasteiger partial charge in [-0.1, -0.05) is 6.08 Å². The molecule has 0 spiro atoms. The zero-order valence-corrected chi connectivity index (χ0v) is 7.95. The van der Waals surface area contributed by atoms with Crippen LogP contribution in [0, 0.1) is 0 Å². The van der Waals surface area contributed by atoms with Crippen molar-refractivity contribution in [2.45, 2.75) is 0 Å². The Morgan fingerprint density at radius 1 is 1.25 bits per heavy atom. The Morgan fingerprint density at radius 2 is 1.67 bits per heavy atom. The zero-order chi connectivity index (χ0) is 10.2. The van der Waals surface area contributed by atoms with Gasteiger partial charge < -0.3 is 19.4 Å². The number of aliphatic hydroxyl groups excluding tert-OH is 1. The van der Waals surface area contributed by atoms with E-state index in [1.165, 1.54) is 7.11 Å². The highest BCUT2D eigenvalue weighted by atomic mass is 16.5. The Hall–Kier alpha value is -0.710. The third-order valence-electron chi connectivity index (χ3n) is 0.519. The highest BCUT2D eigenvalue weighted by molar-refractivity contribution is 5.50. The van der Waals surface area contributed by atoms with Gasteiger partial charge in [0, 0.05) is 21.3 Å². The molecule has 0 aromatic rings. The SMILES string of the molecule is C=CCOC.CO.COCC=O. The fourth-order valence-corrected chi connectivity index (χ4v) is 0.186. The van der Waals surface area contributed by atoms with Crippen molar-refractivity contribution >= 4 is 6.29 Å². The minimum atomic E-state index is 0.208. The molecule has 0 fully saturated rings. The van der Waals surface area contributed by atoms with Gasteiger partial charge in [-0.05, 0) is 0 Å². The number of aliphatic hydroxyl groups is 1. The van der Waals surface area contributed by atoms with E-state index in [2.05, 4.69) is 16.1 Å². The molecular formula is C8H18O4. The van der Waals surface area contributed by atoms with Crippen LogP contribution in [0.25, 0.3) is 0 Å². The smallest absolute Gasteiger partial charge is 0.145 e. The van der Waals surface area contributed by atoms with E-state index >= 15 is 0 Å². The van der Waals surface area contributed by atoms with E-state index < -0.39 is 0 Å². The summed E-state index contributed by atoms with van der Waals surface area (Å²) in [6, 6.07) is 0. The van der Waals surface area contributed by atoms with Gasteiger partial charge in [0.1, 0.15) is 12.9 Å². The van der Waals surface area contributed by atoms with Gasteiger partial charge in [-0.3, -0.25) is 0 Å². The molecular weight excluding hydrogens is 160 g/mol. The van der Waals surface area contributed by atoms with Crippen molar-refractivity contribution in [2.24, 2.45) is 0 Å². The van der Waals surface area contributed by atoms with Crippen LogP contribution in [0.2, 0.25) is 0 Å². The van der Waals surface area contributed by atoms with Crippen molar-refractivity contribution in [3.05, 3.63) is 12.7 Å². The highest BCUT2D eigenvalue weighted by Crippen LogP contribution is 1.60. The van der Waals surface area contributed by atoms with Gasteiger partial charge in [-0.15, -0.1) is 6.58 Å². The predicted molar refractivity (Wildman–Crippen MR) is 48.2 cm³/mol. The van der Waals surface area contributed by atoms with Crippen LogP contribution in [-0.4, -0.2) is 45.9 Å². The maximum absolute atomic E-state index is 9.28. The number of hydrogen-bond donors (Lipinski definition) is 1. The number of hydrogen-bond acceptors (Lipinski definition) is 4. The molecule has 0 atom stereocenters. The summed E-state index contributed by atoms with van der Waals surface area (Å²) in [6.07, 6.45) is 2.42. The summed E-state index contributed by atoms with van der Waals surface area (Å²) in [6.45, 7) is 4.29. The number of carbonyl (C=O) groups excluding carboxylic acids is 1. The molecule has 0 rings (SSSR count). The van der Waals surface area contributed by atoms with E-state index in [0.717, 1.165) is 7.11 Å². The van der Waals surface area contributed by atoms with Crippen molar-refractivity contribution in [1.82, 2.24) is 0 Å². The Labute approximate surface area is 73.8 Å².